The molecule has 0 saturated heterocycles. The number of carbonyl (C=O) groups is 2. The molecular weight excluding hydrogens is 382 g/mol. The molecule has 1 heterocycles. The predicted molar refractivity (Wildman–Crippen MR) is 76.3 cm³/mol. The highest BCUT2D eigenvalue weighted by Crippen LogP contribution is 2.31. The number of halogens is 2. The van der Waals surface area contributed by atoms with Crippen LogP contribution in [0.4, 0.5) is 10.1 Å². The lowest BCUT2D eigenvalue weighted by Gasteiger charge is -2.14. The average Bonchev–Trinajstić information content (AvgIpc) is 2.67. The number of aromatic hydroxyl groups is 1. The van der Waals surface area contributed by atoms with Gasteiger partial charge in [-0.05, 0) is 34.7 Å². The van der Waals surface area contributed by atoms with E-state index < -0.39 is 23.4 Å². The monoisotopic (exact) mass is 392 g/mol. The molecule has 0 aromatic heterocycles. The number of hydrogen-bond acceptors (Lipinski definition) is 5. The average molecular weight is 392 g/mol. The predicted octanol–water partition coefficient (Wildman–Crippen LogP) is 0.793. The Labute approximate surface area is 127 Å². The minimum atomic E-state index is -0.805. The molecule has 1 aromatic carbocycles. The summed E-state index contributed by atoms with van der Waals surface area (Å²) in [4.78, 5) is 24.2. The summed E-state index contributed by atoms with van der Waals surface area (Å²) in [6.45, 7) is -0.464. The number of anilines is 1. The van der Waals surface area contributed by atoms with E-state index in [-0.39, 0.29) is 28.1 Å². The van der Waals surface area contributed by atoms with E-state index in [1.165, 1.54) is 12.1 Å². The van der Waals surface area contributed by atoms with Crippen molar-refractivity contribution in [2.75, 3.05) is 18.5 Å². The molecule has 20 heavy (non-hydrogen) atoms. The normalized spacial score (nSPS) is 14.8. The van der Waals surface area contributed by atoms with Gasteiger partial charge < -0.3 is 15.5 Å². The minimum absolute atomic E-state index is 0.0128. The molecule has 0 atom stereocenters. The molecule has 2 rings (SSSR count). The fourth-order valence-electron chi connectivity index (χ4n) is 1.70. The fraction of sp³-hybridized carbons (Fsp3) is 0.167. The van der Waals surface area contributed by atoms with Crippen molar-refractivity contribution in [2.24, 2.45) is 0 Å². The van der Waals surface area contributed by atoms with Crippen molar-refractivity contribution in [3.8, 4) is 5.75 Å². The molecule has 0 bridgehead atoms. The topological polar surface area (TPSA) is 89.9 Å². The van der Waals surface area contributed by atoms with Crippen molar-refractivity contribution >= 4 is 40.1 Å². The Bertz CT molecular complexity index is 618. The van der Waals surface area contributed by atoms with Crippen LogP contribution in [0.15, 0.2) is 23.9 Å². The van der Waals surface area contributed by atoms with Crippen LogP contribution in [-0.2, 0) is 9.59 Å². The van der Waals surface area contributed by atoms with Crippen LogP contribution in [0.25, 0.3) is 0 Å². The Hall–Kier alpha value is -1.68. The molecule has 0 unspecified atom stereocenters. The van der Waals surface area contributed by atoms with Crippen LogP contribution in [0.3, 0.4) is 0 Å². The molecule has 1 aliphatic heterocycles. The Morgan fingerprint density at radius 3 is 2.70 bits per heavy atom. The number of phenolic OH excluding ortho intramolecular Hbond substituents is 1. The van der Waals surface area contributed by atoms with E-state index in [1.807, 2.05) is 0 Å². The first kappa shape index (κ1) is 14.7. The van der Waals surface area contributed by atoms with Crippen LogP contribution in [0.5, 0.6) is 5.75 Å². The van der Waals surface area contributed by atoms with Crippen LogP contribution in [0, 0.1) is 9.39 Å². The van der Waals surface area contributed by atoms with Gasteiger partial charge in [-0.1, -0.05) is 0 Å². The Kier molecular flexibility index (Phi) is 4.23. The van der Waals surface area contributed by atoms with Crippen molar-refractivity contribution in [3.63, 3.8) is 0 Å². The van der Waals surface area contributed by atoms with E-state index in [4.69, 9.17) is 5.11 Å². The van der Waals surface area contributed by atoms with Gasteiger partial charge in [0.05, 0.1) is 22.4 Å². The molecule has 6 nitrogen and oxygen atoms in total. The largest absolute Gasteiger partial charge is 0.503 e. The highest BCUT2D eigenvalue weighted by Gasteiger charge is 2.31. The summed E-state index contributed by atoms with van der Waals surface area (Å²) in [6.07, 6.45) is 1.04. The van der Waals surface area contributed by atoms with Gasteiger partial charge in [0.15, 0.2) is 11.6 Å². The highest BCUT2D eigenvalue weighted by molar-refractivity contribution is 14.1. The number of carbonyl (C=O) groups excluding carboxylic acids is 2. The maximum atomic E-state index is 13.5. The summed E-state index contributed by atoms with van der Waals surface area (Å²) in [7, 11) is 0. The van der Waals surface area contributed by atoms with Crippen LogP contribution < -0.4 is 5.32 Å². The zero-order valence-corrected chi connectivity index (χ0v) is 12.2. The first-order chi connectivity index (χ1) is 9.45. The number of nitrogens with zero attached hydrogens (tertiary/aromatic N) is 1. The third-order valence-corrected chi connectivity index (χ3v) is 3.50. The third-order valence-electron chi connectivity index (χ3n) is 2.67. The van der Waals surface area contributed by atoms with E-state index in [1.54, 1.807) is 22.6 Å². The lowest BCUT2D eigenvalue weighted by molar-refractivity contribution is -0.137. The van der Waals surface area contributed by atoms with Gasteiger partial charge in [0.25, 0.3) is 11.8 Å². The number of amides is 2. The van der Waals surface area contributed by atoms with Gasteiger partial charge in [-0.15, -0.1) is 0 Å². The van der Waals surface area contributed by atoms with Gasteiger partial charge in [-0.3, -0.25) is 14.5 Å². The number of aliphatic hydroxyl groups excluding tert-OH is 1. The second-order valence-electron chi connectivity index (χ2n) is 3.96. The molecule has 0 fully saturated rings. The molecule has 2 amide bonds. The molecule has 0 spiro atoms. The summed E-state index contributed by atoms with van der Waals surface area (Å²) in [6, 6.07) is 2.82. The summed E-state index contributed by atoms with van der Waals surface area (Å²) < 4.78 is 13.8. The quantitative estimate of drug-likeness (QED) is 0.401. The molecule has 106 valence electrons. The molecule has 8 heteroatoms. The van der Waals surface area contributed by atoms with E-state index in [2.05, 4.69) is 5.32 Å². The summed E-state index contributed by atoms with van der Waals surface area (Å²) >= 11 is 1.72. The second kappa shape index (κ2) is 5.75. The van der Waals surface area contributed by atoms with Gasteiger partial charge in [-0.25, -0.2) is 4.39 Å². The minimum Gasteiger partial charge on any atom is -0.503 e. The highest BCUT2D eigenvalue weighted by atomic mass is 127. The van der Waals surface area contributed by atoms with Crippen molar-refractivity contribution < 1.29 is 24.2 Å². The van der Waals surface area contributed by atoms with Gasteiger partial charge in [0, 0.05) is 6.08 Å². The summed E-state index contributed by atoms with van der Waals surface area (Å²) in [5.74, 6) is -2.64. The van der Waals surface area contributed by atoms with Gasteiger partial charge in [0.1, 0.15) is 5.70 Å². The number of rotatable bonds is 4. The maximum absolute atomic E-state index is 13.5. The van der Waals surface area contributed by atoms with Crippen LogP contribution in [-0.4, -0.2) is 40.1 Å². The third kappa shape index (κ3) is 2.61. The summed E-state index contributed by atoms with van der Waals surface area (Å²) in [5.41, 5.74) is -0.0967. The zero-order valence-electron chi connectivity index (χ0n) is 10.1. The molecule has 0 radical (unpaired) electrons. The van der Waals surface area contributed by atoms with E-state index in [0.29, 0.717) is 0 Å². The molecular formula is C12H10FIN2O4. The first-order valence-electron chi connectivity index (χ1n) is 5.58. The number of aliphatic hydroxyl groups is 1. The van der Waals surface area contributed by atoms with Gasteiger partial charge in [0.2, 0.25) is 0 Å². The van der Waals surface area contributed by atoms with Crippen molar-refractivity contribution in [3.05, 3.63) is 33.3 Å². The number of β-amino-alcohol motifs (C(OH)–C–C–N with tert-alkyl or cyclic N) is 1. The van der Waals surface area contributed by atoms with Gasteiger partial charge in [-0.2, -0.15) is 0 Å². The lowest BCUT2D eigenvalue weighted by Crippen LogP contribution is -2.34. The number of hydrogen-bond donors (Lipinski definition) is 3. The number of phenols is 1. The number of nitrogens with one attached hydrogen (secondary N) is 1. The number of imide groups is 1. The zero-order chi connectivity index (χ0) is 14.9. The Morgan fingerprint density at radius 1 is 1.35 bits per heavy atom. The van der Waals surface area contributed by atoms with Gasteiger partial charge >= 0.3 is 0 Å². The molecule has 0 saturated carbocycles. The smallest absolute Gasteiger partial charge is 0.277 e. The van der Waals surface area contributed by atoms with Crippen molar-refractivity contribution in [1.82, 2.24) is 4.90 Å². The van der Waals surface area contributed by atoms with Crippen LogP contribution in [0.1, 0.15) is 0 Å². The molecule has 1 aliphatic rings. The van der Waals surface area contributed by atoms with Crippen LogP contribution >= 0.6 is 22.6 Å². The van der Waals surface area contributed by atoms with E-state index >= 15 is 0 Å². The molecule has 0 aliphatic carbocycles. The molecule has 3 N–H and O–H groups in total. The second-order valence-corrected chi connectivity index (χ2v) is 5.12. The first-order valence-corrected chi connectivity index (χ1v) is 6.66. The SMILES string of the molecule is O=C1C=C(Nc2ccc(I)c(F)c2O)C(=O)N1CCO. The molecule has 1 aromatic rings. The fourth-order valence-corrected chi connectivity index (χ4v) is 2.13. The standard InChI is InChI=1S/C12H10FIN2O4/c13-10-6(14)1-2-7(11(10)19)15-8-5-9(18)16(3-4-17)12(8)20/h1-2,5,15,17,19H,3-4H2. The lowest BCUT2D eigenvalue weighted by atomic mass is 10.2. The Morgan fingerprint density at radius 2 is 2.05 bits per heavy atom. The summed E-state index contributed by atoms with van der Waals surface area (Å²) in [5, 5.41) is 20.9. The van der Waals surface area contributed by atoms with Crippen molar-refractivity contribution in [1.29, 1.82) is 0 Å². The van der Waals surface area contributed by atoms with E-state index in [0.717, 1.165) is 11.0 Å². The van der Waals surface area contributed by atoms with Crippen molar-refractivity contribution in [2.45, 2.75) is 0 Å². The van der Waals surface area contributed by atoms with E-state index in [9.17, 15) is 19.1 Å². The van der Waals surface area contributed by atoms with Crippen LogP contribution in [0.2, 0.25) is 0 Å². The number of benzene rings is 1. The Balaban J connectivity index is 2.24. The maximum Gasteiger partial charge on any atom is 0.277 e.